The molecule has 0 aliphatic carbocycles. The third-order valence-corrected chi connectivity index (χ3v) is 3.62. The highest BCUT2D eigenvalue weighted by Crippen LogP contribution is 2.09. The number of benzene rings is 2. The van der Waals surface area contributed by atoms with Gasteiger partial charge < -0.3 is 11.1 Å². The highest BCUT2D eigenvalue weighted by molar-refractivity contribution is 5.99. The standard InChI is InChI=1S/C18H15N3O3/c19-15-9-5-13(6-10-15)2-1-12-3-7-14(8-4-12)17(22)20-16-11-21(24)18(16)23/h3-10,16,24H,11,19H2,(H,20,22). The fourth-order valence-corrected chi connectivity index (χ4v) is 2.17. The maximum absolute atomic E-state index is 12.0. The molecule has 2 aromatic rings. The number of nitrogen functional groups attached to an aromatic ring is 1. The predicted molar refractivity (Wildman–Crippen MR) is 88.0 cm³/mol. The monoisotopic (exact) mass is 321 g/mol. The van der Waals surface area contributed by atoms with Crippen molar-refractivity contribution in [1.29, 1.82) is 0 Å². The number of rotatable bonds is 2. The van der Waals surface area contributed by atoms with E-state index < -0.39 is 11.9 Å². The van der Waals surface area contributed by atoms with Gasteiger partial charge in [0.05, 0.1) is 6.54 Å². The molecule has 2 aromatic carbocycles. The van der Waals surface area contributed by atoms with E-state index in [2.05, 4.69) is 17.2 Å². The number of amides is 2. The molecule has 0 bridgehead atoms. The molecule has 1 unspecified atom stereocenters. The summed E-state index contributed by atoms with van der Waals surface area (Å²) in [6.45, 7) is 0.107. The molecule has 3 rings (SSSR count). The molecule has 6 nitrogen and oxygen atoms in total. The summed E-state index contributed by atoms with van der Waals surface area (Å²) in [7, 11) is 0. The Labute approximate surface area is 138 Å². The van der Waals surface area contributed by atoms with Gasteiger partial charge in [0.2, 0.25) is 0 Å². The molecular weight excluding hydrogens is 306 g/mol. The van der Waals surface area contributed by atoms with E-state index in [1.165, 1.54) is 0 Å². The molecule has 1 aliphatic heterocycles. The minimum atomic E-state index is -0.660. The highest BCUT2D eigenvalue weighted by atomic mass is 16.5. The number of hydrogen-bond acceptors (Lipinski definition) is 4. The Morgan fingerprint density at radius 3 is 2.12 bits per heavy atom. The zero-order chi connectivity index (χ0) is 17.1. The molecule has 0 radical (unpaired) electrons. The first-order chi connectivity index (χ1) is 11.5. The van der Waals surface area contributed by atoms with Crippen molar-refractivity contribution in [2.45, 2.75) is 6.04 Å². The summed E-state index contributed by atoms with van der Waals surface area (Å²) in [4.78, 5) is 23.3. The predicted octanol–water partition coefficient (Wildman–Crippen LogP) is 0.998. The number of anilines is 1. The molecular formula is C18H15N3O3. The van der Waals surface area contributed by atoms with E-state index in [9.17, 15) is 9.59 Å². The van der Waals surface area contributed by atoms with E-state index >= 15 is 0 Å². The van der Waals surface area contributed by atoms with Gasteiger partial charge in [-0.1, -0.05) is 11.8 Å². The van der Waals surface area contributed by atoms with Crippen molar-refractivity contribution in [3.8, 4) is 11.8 Å². The topological polar surface area (TPSA) is 95.7 Å². The van der Waals surface area contributed by atoms with Gasteiger partial charge in [0.1, 0.15) is 6.04 Å². The van der Waals surface area contributed by atoms with Crippen LogP contribution in [-0.4, -0.2) is 34.7 Å². The first-order valence-electron chi connectivity index (χ1n) is 7.32. The lowest BCUT2D eigenvalue weighted by atomic mass is 10.1. The van der Waals surface area contributed by atoms with E-state index in [0.717, 1.165) is 11.1 Å². The summed E-state index contributed by atoms with van der Waals surface area (Å²) in [6, 6.07) is 13.3. The molecule has 1 saturated heterocycles. The SMILES string of the molecule is Nc1ccc(C#Cc2ccc(C(=O)NC3CN(O)C3=O)cc2)cc1. The average Bonchev–Trinajstić information content (AvgIpc) is 2.61. The number of nitrogens with zero attached hydrogens (tertiary/aromatic N) is 1. The fraction of sp³-hybridized carbons (Fsp3) is 0.111. The molecule has 0 aromatic heterocycles. The van der Waals surface area contributed by atoms with Gasteiger partial charge in [0.15, 0.2) is 0 Å². The van der Waals surface area contributed by atoms with Gasteiger partial charge in [-0.2, -0.15) is 0 Å². The fourth-order valence-electron chi connectivity index (χ4n) is 2.17. The van der Waals surface area contributed by atoms with Gasteiger partial charge in [0, 0.05) is 22.4 Å². The second-order valence-corrected chi connectivity index (χ2v) is 5.40. The van der Waals surface area contributed by atoms with Crippen LogP contribution in [0.4, 0.5) is 5.69 Å². The Kier molecular flexibility index (Phi) is 4.18. The quantitative estimate of drug-likeness (QED) is 0.333. The molecule has 120 valence electrons. The number of β-lactam (4-membered cyclic amide) rings is 1. The second kappa shape index (κ2) is 6.44. The summed E-state index contributed by atoms with van der Waals surface area (Å²) in [5.41, 5.74) is 8.35. The third-order valence-electron chi connectivity index (χ3n) is 3.62. The summed E-state index contributed by atoms with van der Waals surface area (Å²) >= 11 is 0. The van der Waals surface area contributed by atoms with Crippen LogP contribution in [0.1, 0.15) is 21.5 Å². The van der Waals surface area contributed by atoms with Gasteiger partial charge in [-0.25, -0.2) is 5.06 Å². The van der Waals surface area contributed by atoms with Gasteiger partial charge in [-0.3, -0.25) is 14.8 Å². The lowest BCUT2D eigenvalue weighted by Crippen LogP contribution is -2.62. The number of hydrogen-bond donors (Lipinski definition) is 3. The molecule has 0 saturated carbocycles. The second-order valence-electron chi connectivity index (χ2n) is 5.40. The van der Waals surface area contributed by atoms with E-state index in [4.69, 9.17) is 10.9 Å². The third kappa shape index (κ3) is 3.37. The Balaban J connectivity index is 1.64. The van der Waals surface area contributed by atoms with Crippen molar-refractivity contribution in [2.75, 3.05) is 12.3 Å². The van der Waals surface area contributed by atoms with Gasteiger partial charge >= 0.3 is 0 Å². The van der Waals surface area contributed by atoms with Crippen LogP contribution in [0.2, 0.25) is 0 Å². The Morgan fingerprint density at radius 2 is 1.62 bits per heavy atom. The smallest absolute Gasteiger partial charge is 0.270 e. The number of hydroxylamine groups is 2. The lowest BCUT2D eigenvalue weighted by molar-refractivity contribution is -0.189. The van der Waals surface area contributed by atoms with Crippen molar-refractivity contribution >= 4 is 17.5 Å². The zero-order valence-electron chi connectivity index (χ0n) is 12.7. The minimum Gasteiger partial charge on any atom is -0.399 e. The van der Waals surface area contributed by atoms with Crippen LogP contribution in [-0.2, 0) is 4.79 Å². The summed E-state index contributed by atoms with van der Waals surface area (Å²) in [6.07, 6.45) is 0. The maximum Gasteiger partial charge on any atom is 0.270 e. The molecule has 1 aliphatic rings. The lowest BCUT2D eigenvalue weighted by Gasteiger charge is -2.33. The van der Waals surface area contributed by atoms with Crippen LogP contribution in [0.5, 0.6) is 0 Å². The Hall–Kier alpha value is -3.30. The van der Waals surface area contributed by atoms with Crippen molar-refractivity contribution in [3.05, 3.63) is 65.2 Å². The molecule has 24 heavy (non-hydrogen) atoms. The zero-order valence-corrected chi connectivity index (χ0v) is 12.7. The van der Waals surface area contributed by atoms with Crippen LogP contribution in [0.25, 0.3) is 0 Å². The molecule has 1 heterocycles. The Bertz CT molecular complexity index is 833. The number of carbonyl (C=O) groups excluding carboxylic acids is 2. The van der Waals surface area contributed by atoms with E-state index in [-0.39, 0.29) is 12.5 Å². The summed E-state index contributed by atoms with van der Waals surface area (Å²) in [5, 5.41) is 12.1. The van der Waals surface area contributed by atoms with Crippen LogP contribution >= 0.6 is 0 Å². The normalized spacial score (nSPS) is 16.0. The van der Waals surface area contributed by atoms with E-state index in [1.807, 2.05) is 12.1 Å². The highest BCUT2D eigenvalue weighted by Gasteiger charge is 2.37. The molecule has 0 spiro atoms. The van der Waals surface area contributed by atoms with Crippen LogP contribution in [0.3, 0.4) is 0 Å². The van der Waals surface area contributed by atoms with Crippen LogP contribution in [0.15, 0.2) is 48.5 Å². The Morgan fingerprint density at radius 1 is 1.08 bits per heavy atom. The maximum atomic E-state index is 12.0. The van der Waals surface area contributed by atoms with Gasteiger partial charge in [-0.15, -0.1) is 0 Å². The molecule has 6 heteroatoms. The molecule has 1 fully saturated rings. The van der Waals surface area contributed by atoms with E-state index in [1.54, 1.807) is 36.4 Å². The van der Waals surface area contributed by atoms with Crippen molar-refractivity contribution in [3.63, 3.8) is 0 Å². The average molecular weight is 321 g/mol. The number of carbonyl (C=O) groups is 2. The first-order valence-corrected chi connectivity index (χ1v) is 7.32. The molecule has 1 atom stereocenters. The summed E-state index contributed by atoms with van der Waals surface area (Å²) in [5.74, 6) is 5.15. The first kappa shape index (κ1) is 15.6. The van der Waals surface area contributed by atoms with Crippen molar-refractivity contribution in [1.82, 2.24) is 10.4 Å². The largest absolute Gasteiger partial charge is 0.399 e. The molecule has 2 amide bonds. The van der Waals surface area contributed by atoms with Crippen LogP contribution < -0.4 is 11.1 Å². The van der Waals surface area contributed by atoms with Gasteiger partial charge in [0.25, 0.3) is 11.8 Å². The van der Waals surface area contributed by atoms with Gasteiger partial charge in [-0.05, 0) is 48.5 Å². The minimum absolute atomic E-state index is 0.107. The molecule has 4 N–H and O–H groups in total. The summed E-state index contributed by atoms with van der Waals surface area (Å²) < 4.78 is 0. The van der Waals surface area contributed by atoms with Crippen molar-refractivity contribution in [2.24, 2.45) is 0 Å². The van der Waals surface area contributed by atoms with Crippen molar-refractivity contribution < 1.29 is 14.8 Å². The number of nitrogens with one attached hydrogen (secondary N) is 1. The van der Waals surface area contributed by atoms with Crippen LogP contribution in [0, 0.1) is 11.8 Å². The van der Waals surface area contributed by atoms with E-state index in [0.29, 0.717) is 16.3 Å². The number of nitrogens with two attached hydrogens (primary N) is 1.